The largest absolute Gasteiger partial charge is 0.481 e. The number of aromatic nitrogens is 3. The van der Waals surface area contributed by atoms with E-state index in [0.29, 0.717) is 12.4 Å². The minimum Gasteiger partial charge on any atom is -0.481 e. The first-order valence-electron chi connectivity index (χ1n) is 8.51. The second-order valence-electron chi connectivity index (χ2n) is 6.28. The molecule has 0 aliphatic carbocycles. The number of nitrogens with zero attached hydrogens (tertiary/aromatic N) is 3. The molecule has 0 bridgehead atoms. The summed E-state index contributed by atoms with van der Waals surface area (Å²) in [7, 11) is 3.68. The van der Waals surface area contributed by atoms with Crippen LogP contribution in [-0.4, -0.2) is 34.3 Å². The third-order valence-corrected chi connectivity index (χ3v) is 4.79. The molecule has 0 saturated carbocycles. The molecule has 1 aliphatic rings. The molecule has 0 radical (unpaired) electrons. The first-order chi connectivity index (χ1) is 12.3. The van der Waals surface area contributed by atoms with Crippen molar-refractivity contribution in [2.75, 3.05) is 13.7 Å². The maximum Gasteiger partial charge on any atom is 0.212 e. The lowest BCUT2D eigenvalue weighted by atomic mass is 10.0. The van der Waals surface area contributed by atoms with Crippen LogP contribution in [0, 0.1) is 0 Å². The van der Waals surface area contributed by atoms with Crippen LogP contribution < -0.4 is 10.1 Å². The number of hydrogen-bond donors (Lipinski definition) is 1. The zero-order valence-corrected chi connectivity index (χ0v) is 14.5. The Morgan fingerprint density at radius 2 is 2.16 bits per heavy atom. The van der Waals surface area contributed by atoms with Crippen LogP contribution in [-0.2, 0) is 18.3 Å². The predicted molar refractivity (Wildman–Crippen MR) is 95.4 cm³/mol. The van der Waals surface area contributed by atoms with Crippen LogP contribution in [0.5, 0.6) is 5.88 Å². The summed E-state index contributed by atoms with van der Waals surface area (Å²) in [6.07, 6.45) is 2.81. The van der Waals surface area contributed by atoms with Crippen molar-refractivity contribution in [3.05, 3.63) is 54.0 Å². The maximum atomic E-state index is 5.93. The lowest BCUT2D eigenvalue weighted by Gasteiger charge is -2.20. The third-order valence-electron chi connectivity index (χ3n) is 4.79. The fraction of sp³-hybridized carbons (Fsp3) is 0.368. The molecule has 0 spiro atoms. The van der Waals surface area contributed by atoms with Gasteiger partial charge in [-0.05, 0) is 24.6 Å². The number of pyridine rings is 1. The van der Waals surface area contributed by atoms with Gasteiger partial charge in [0.25, 0.3) is 0 Å². The molecule has 130 valence electrons. The number of para-hydroxylation sites is 2. The van der Waals surface area contributed by atoms with E-state index in [1.165, 1.54) is 0 Å². The van der Waals surface area contributed by atoms with E-state index in [-0.39, 0.29) is 12.1 Å². The Morgan fingerprint density at radius 3 is 2.92 bits per heavy atom. The van der Waals surface area contributed by atoms with Gasteiger partial charge < -0.3 is 19.4 Å². The van der Waals surface area contributed by atoms with Crippen LogP contribution >= 0.6 is 0 Å². The molecule has 1 saturated heterocycles. The summed E-state index contributed by atoms with van der Waals surface area (Å²) in [6, 6.07) is 12.3. The normalized spacial score (nSPS) is 20.2. The van der Waals surface area contributed by atoms with Gasteiger partial charge in [-0.25, -0.2) is 9.97 Å². The molecule has 1 aliphatic heterocycles. The van der Waals surface area contributed by atoms with Crippen LogP contribution in [0.15, 0.2) is 42.6 Å². The van der Waals surface area contributed by atoms with E-state index in [1.54, 1.807) is 7.11 Å². The monoisotopic (exact) mass is 338 g/mol. The van der Waals surface area contributed by atoms with Gasteiger partial charge in [-0.1, -0.05) is 12.1 Å². The van der Waals surface area contributed by atoms with Crippen molar-refractivity contribution in [2.24, 2.45) is 7.05 Å². The van der Waals surface area contributed by atoms with Gasteiger partial charge in [-0.3, -0.25) is 0 Å². The van der Waals surface area contributed by atoms with Crippen molar-refractivity contribution in [1.82, 2.24) is 19.9 Å². The number of imidazole rings is 1. The Labute approximate surface area is 146 Å². The van der Waals surface area contributed by atoms with Gasteiger partial charge in [0.15, 0.2) is 0 Å². The van der Waals surface area contributed by atoms with Crippen LogP contribution in [0.1, 0.15) is 23.9 Å². The molecule has 6 nitrogen and oxygen atoms in total. The first-order valence-corrected chi connectivity index (χ1v) is 8.51. The predicted octanol–water partition coefficient (Wildman–Crippen LogP) is 2.60. The van der Waals surface area contributed by atoms with Gasteiger partial charge in [-0.15, -0.1) is 0 Å². The van der Waals surface area contributed by atoms with E-state index in [2.05, 4.69) is 28.0 Å². The lowest BCUT2D eigenvalue weighted by Crippen LogP contribution is -2.32. The van der Waals surface area contributed by atoms with E-state index in [1.807, 2.05) is 36.5 Å². The second kappa shape index (κ2) is 6.82. The molecule has 3 aromatic rings. The smallest absolute Gasteiger partial charge is 0.212 e. The van der Waals surface area contributed by atoms with Crippen molar-refractivity contribution < 1.29 is 9.47 Å². The molecular formula is C19H22N4O2. The van der Waals surface area contributed by atoms with Gasteiger partial charge in [0.1, 0.15) is 5.82 Å². The topological polar surface area (TPSA) is 61.2 Å². The molecule has 4 rings (SSSR count). The molecular weight excluding hydrogens is 316 g/mol. The number of ether oxygens (including phenoxy) is 2. The fourth-order valence-corrected chi connectivity index (χ4v) is 3.38. The molecule has 1 fully saturated rings. The zero-order valence-electron chi connectivity index (χ0n) is 14.5. The Morgan fingerprint density at radius 1 is 1.28 bits per heavy atom. The summed E-state index contributed by atoms with van der Waals surface area (Å²) in [5.74, 6) is 1.64. The Balaban J connectivity index is 1.48. The first kappa shape index (κ1) is 16.1. The van der Waals surface area contributed by atoms with Crippen molar-refractivity contribution in [1.29, 1.82) is 0 Å². The van der Waals surface area contributed by atoms with Crippen molar-refractivity contribution in [2.45, 2.75) is 25.1 Å². The maximum absolute atomic E-state index is 5.93. The molecule has 3 heterocycles. The third kappa shape index (κ3) is 3.10. The number of hydrogen-bond acceptors (Lipinski definition) is 5. The highest BCUT2D eigenvalue weighted by Gasteiger charge is 2.29. The Bertz CT molecular complexity index is 859. The highest BCUT2D eigenvalue weighted by atomic mass is 16.5. The summed E-state index contributed by atoms with van der Waals surface area (Å²) in [5.41, 5.74) is 3.25. The number of benzene rings is 1. The average molecular weight is 338 g/mol. The summed E-state index contributed by atoms with van der Waals surface area (Å²) < 4.78 is 13.2. The summed E-state index contributed by atoms with van der Waals surface area (Å²) >= 11 is 0. The fourth-order valence-electron chi connectivity index (χ4n) is 3.38. The van der Waals surface area contributed by atoms with Crippen LogP contribution in [0.2, 0.25) is 0 Å². The van der Waals surface area contributed by atoms with Gasteiger partial charge in [0.05, 0.1) is 30.8 Å². The minimum atomic E-state index is 0.00749. The molecule has 1 N–H and O–H groups in total. The van der Waals surface area contributed by atoms with Gasteiger partial charge in [-0.2, -0.15) is 0 Å². The van der Waals surface area contributed by atoms with Gasteiger partial charge in [0, 0.05) is 37.5 Å². The quantitative estimate of drug-likeness (QED) is 0.775. The van der Waals surface area contributed by atoms with Crippen molar-refractivity contribution in [3.8, 4) is 5.88 Å². The highest BCUT2D eigenvalue weighted by Crippen LogP contribution is 2.29. The summed E-state index contributed by atoms with van der Waals surface area (Å²) in [4.78, 5) is 9.02. The second-order valence-corrected chi connectivity index (χ2v) is 6.28. The van der Waals surface area contributed by atoms with E-state index in [0.717, 1.165) is 35.4 Å². The molecule has 6 heteroatoms. The SMILES string of the molecule is COc1ccc([C@H]2OCC[C@@H]2NCc2nc3ccccc3n2C)cn1. The molecule has 1 aromatic carbocycles. The summed E-state index contributed by atoms with van der Waals surface area (Å²) in [5, 5.41) is 3.61. The summed E-state index contributed by atoms with van der Waals surface area (Å²) in [6.45, 7) is 1.45. The Kier molecular flexibility index (Phi) is 4.38. The average Bonchev–Trinajstić information content (AvgIpc) is 3.25. The van der Waals surface area contributed by atoms with Crippen LogP contribution in [0.3, 0.4) is 0 Å². The van der Waals surface area contributed by atoms with E-state index in [9.17, 15) is 0 Å². The van der Waals surface area contributed by atoms with Crippen molar-refractivity contribution >= 4 is 11.0 Å². The number of nitrogens with one attached hydrogen (secondary N) is 1. The molecule has 0 amide bonds. The van der Waals surface area contributed by atoms with Gasteiger partial charge >= 0.3 is 0 Å². The number of rotatable bonds is 5. The van der Waals surface area contributed by atoms with E-state index >= 15 is 0 Å². The number of methoxy groups -OCH3 is 1. The highest BCUT2D eigenvalue weighted by molar-refractivity contribution is 5.75. The van der Waals surface area contributed by atoms with E-state index in [4.69, 9.17) is 14.5 Å². The molecule has 0 unspecified atom stereocenters. The standard InChI is InChI=1S/C19H22N4O2/c1-23-16-6-4-3-5-14(16)22-17(23)12-20-15-9-10-25-19(15)13-7-8-18(24-2)21-11-13/h3-8,11,15,19-20H,9-10,12H2,1-2H3/t15-,19+/m0/s1. The number of aryl methyl sites for hydroxylation is 1. The molecule has 25 heavy (non-hydrogen) atoms. The van der Waals surface area contributed by atoms with Crippen molar-refractivity contribution in [3.63, 3.8) is 0 Å². The van der Waals surface area contributed by atoms with Crippen LogP contribution in [0.25, 0.3) is 11.0 Å². The Hall–Kier alpha value is -2.44. The van der Waals surface area contributed by atoms with Crippen LogP contribution in [0.4, 0.5) is 0 Å². The van der Waals surface area contributed by atoms with E-state index < -0.39 is 0 Å². The molecule has 2 atom stereocenters. The zero-order chi connectivity index (χ0) is 17.2. The lowest BCUT2D eigenvalue weighted by molar-refractivity contribution is 0.0979. The van der Waals surface area contributed by atoms with Gasteiger partial charge in [0.2, 0.25) is 5.88 Å². The minimum absolute atomic E-state index is 0.00749. The molecule has 2 aromatic heterocycles. The number of fused-ring (bicyclic) bond motifs is 1.